The molecule has 0 aliphatic carbocycles. The lowest BCUT2D eigenvalue weighted by Crippen LogP contribution is -2.30. The van der Waals surface area contributed by atoms with Crippen LogP contribution in [0.3, 0.4) is 0 Å². The molecule has 1 saturated heterocycles. The highest BCUT2D eigenvalue weighted by molar-refractivity contribution is 6.05. The monoisotopic (exact) mass is 563 g/mol. The average Bonchev–Trinajstić information content (AvgIpc) is 3.58. The van der Waals surface area contributed by atoms with Crippen LogP contribution in [-0.2, 0) is 4.79 Å². The van der Waals surface area contributed by atoms with Crippen LogP contribution in [0.5, 0.6) is 0 Å². The fourth-order valence-corrected chi connectivity index (χ4v) is 5.56. The maximum absolute atomic E-state index is 13.3. The number of nitrogens with zero attached hydrogens (tertiary/aromatic N) is 5. The van der Waals surface area contributed by atoms with Gasteiger partial charge in [-0.3, -0.25) is 18.9 Å². The van der Waals surface area contributed by atoms with Crippen molar-refractivity contribution in [1.82, 2.24) is 24.2 Å². The molecule has 2 amide bonds. The number of hydrogen-bond donors (Lipinski definition) is 2. The zero-order chi connectivity index (χ0) is 30.0. The molecule has 1 aliphatic heterocycles. The Kier molecular flexibility index (Phi) is 8.27. The van der Waals surface area contributed by atoms with Gasteiger partial charge >= 0.3 is 0 Å². The molecule has 1 atom stereocenters. The quantitative estimate of drug-likeness (QED) is 0.324. The molecule has 1 fully saturated rings. The number of carbonyl (C=O) groups is 2. The second-order valence-electron chi connectivity index (χ2n) is 11.3. The summed E-state index contributed by atoms with van der Waals surface area (Å²) in [5.41, 5.74) is 12.0. The molecule has 216 valence electrons. The lowest BCUT2D eigenvalue weighted by atomic mass is 9.97. The van der Waals surface area contributed by atoms with E-state index in [2.05, 4.69) is 49.0 Å². The van der Waals surface area contributed by atoms with Gasteiger partial charge in [-0.25, -0.2) is 9.97 Å². The van der Waals surface area contributed by atoms with Crippen molar-refractivity contribution in [3.05, 3.63) is 77.4 Å². The van der Waals surface area contributed by atoms with Crippen molar-refractivity contribution in [2.75, 3.05) is 38.2 Å². The van der Waals surface area contributed by atoms with E-state index >= 15 is 0 Å². The zero-order valence-corrected chi connectivity index (χ0v) is 24.8. The molecule has 4 aromatic rings. The first-order valence-corrected chi connectivity index (χ1v) is 14.2. The standard InChI is InChI=1S/C33H37N7O2/c1-21(2)26-14-13-25(19-22(26)3)36-33(42)24-10-6-9-23(20-24)29-30-31(34)35-15-18-40(30)32(37-29)27-11-7-17-39(27)28(41)12-8-16-38(4)5/h6,9-10,13-15,18-21,27H,7,11,16-17H2,1-5H3,(H2,34,35)(H,36,42)/t27-/m0/s1. The first-order valence-electron chi connectivity index (χ1n) is 14.2. The van der Waals surface area contributed by atoms with Crippen LogP contribution in [0, 0.1) is 18.8 Å². The Morgan fingerprint density at radius 2 is 2.00 bits per heavy atom. The molecule has 1 aliphatic rings. The number of imidazole rings is 1. The number of rotatable bonds is 6. The largest absolute Gasteiger partial charge is 0.382 e. The summed E-state index contributed by atoms with van der Waals surface area (Å²) in [6.45, 7) is 7.49. The van der Waals surface area contributed by atoms with E-state index in [1.54, 1.807) is 17.2 Å². The summed E-state index contributed by atoms with van der Waals surface area (Å²) < 4.78 is 1.91. The molecule has 5 rings (SSSR count). The van der Waals surface area contributed by atoms with Gasteiger partial charge in [0.15, 0.2) is 0 Å². The van der Waals surface area contributed by atoms with Crippen LogP contribution in [0.25, 0.3) is 16.8 Å². The van der Waals surface area contributed by atoms with Crippen molar-refractivity contribution in [3.8, 4) is 23.1 Å². The van der Waals surface area contributed by atoms with Gasteiger partial charge in [0.05, 0.1) is 12.6 Å². The van der Waals surface area contributed by atoms with Crippen LogP contribution >= 0.6 is 0 Å². The normalized spacial score (nSPS) is 14.8. The first-order chi connectivity index (χ1) is 20.1. The molecule has 42 heavy (non-hydrogen) atoms. The first kappa shape index (κ1) is 28.8. The maximum atomic E-state index is 13.3. The van der Waals surface area contributed by atoms with E-state index in [1.165, 1.54) is 5.56 Å². The van der Waals surface area contributed by atoms with E-state index < -0.39 is 0 Å². The Hall–Kier alpha value is -4.68. The summed E-state index contributed by atoms with van der Waals surface area (Å²) in [6, 6.07) is 13.1. The molecule has 2 aromatic carbocycles. The minimum atomic E-state index is -0.252. The summed E-state index contributed by atoms with van der Waals surface area (Å²) in [5, 5.41) is 3.02. The molecule has 9 heteroatoms. The summed E-state index contributed by atoms with van der Waals surface area (Å²) in [6.07, 6.45) is 5.06. The smallest absolute Gasteiger partial charge is 0.299 e. The summed E-state index contributed by atoms with van der Waals surface area (Å²) in [7, 11) is 3.83. The van der Waals surface area contributed by atoms with Crippen LogP contribution in [0.1, 0.15) is 66.0 Å². The molecule has 3 N–H and O–H groups in total. The number of aryl methyl sites for hydroxylation is 1. The van der Waals surface area contributed by atoms with Gasteiger partial charge in [-0.15, -0.1) is 0 Å². The SMILES string of the molecule is Cc1cc(NC(=O)c2cccc(-c3nc([C@@H]4CCCN4C(=O)C#CCN(C)C)n4ccnc(N)c34)c2)ccc1C(C)C. The molecule has 0 radical (unpaired) electrons. The van der Waals surface area contributed by atoms with E-state index in [-0.39, 0.29) is 17.9 Å². The number of nitrogens with two attached hydrogens (primary N) is 1. The van der Waals surface area contributed by atoms with Crippen LogP contribution < -0.4 is 11.1 Å². The van der Waals surface area contributed by atoms with E-state index in [9.17, 15) is 9.59 Å². The predicted octanol–water partition coefficient (Wildman–Crippen LogP) is 4.89. The third-order valence-corrected chi connectivity index (χ3v) is 7.56. The fraction of sp³-hybridized carbons (Fsp3) is 0.333. The Morgan fingerprint density at radius 3 is 2.74 bits per heavy atom. The van der Waals surface area contributed by atoms with Crippen LogP contribution in [-0.4, -0.2) is 63.2 Å². The Balaban J connectivity index is 1.48. The van der Waals surface area contributed by atoms with Crippen LogP contribution in [0.4, 0.5) is 11.5 Å². The molecular formula is C33H37N7O2. The van der Waals surface area contributed by atoms with Gasteiger partial charge in [0.1, 0.15) is 22.9 Å². The molecule has 0 bridgehead atoms. The molecule has 0 saturated carbocycles. The molecule has 3 heterocycles. The topological polar surface area (TPSA) is 109 Å². The number of amides is 2. The third kappa shape index (κ3) is 5.85. The van der Waals surface area contributed by atoms with Crippen molar-refractivity contribution in [3.63, 3.8) is 0 Å². The van der Waals surface area contributed by atoms with Crippen molar-refractivity contribution in [1.29, 1.82) is 0 Å². The molecule has 2 aromatic heterocycles. The summed E-state index contributed by atoms with van der Waals surface area (Å²) in [5.74, 6) is 6.73. The van der Waals surface area contributed by atoms with Crippen molar-refractivity contribution in [2.45, 2.75) is 45.6 Å². The number of benzene rings is 2. The second kappa shape index (κ2) is 12.0. The number of anilines is 2. The van der Waals surface area contributed by atoms with Gasteiger partial charge in [0, 0.05) is 35.8 Å². The Labute approximate surface area is 246 Å². The van der Waals surface area contributed by atoms with Crippen LogP contribution in [0.2, 0.25) is 0 Å². The highest BCUT2D eigenvalue weighted by Gasteiger charge is 2.33. The number of carbonyl (C=O) groups excluding carboxylic acids is 2. The molecule has 9 nitrogen and oxygen atoms in total. The average molecular weight is 564 g/mol. The summed E-state index contributed by atoms with van der Waals surface area (Å²) in [4.78, 5) is 39.4. The van der Waals surface area contributed by atoms with Crippen molar-refractivity contribution >= 4 is 28.8 Å². The predicted molar refractivity (Wildman–Crippen MR) is 166 cm³/mol. The minimum absolute atomic E-state index is 0.213. The van der Waals surface area contributed by atoms with Crippen molar-refractivity contribution in [2.24, 2.45) is 0 Å². The van der Waals surface area contributed by atoms with E-state index in [0.717, 1.165) is 29.7 Å². The van der Waals surface area contributed by atoms with Crippen LogP contribution in [0.15, 0.2) is 54.9 Å². The number of nitrogen functional groups attached to an aromatic ring is 1. The lowest BCUT2D eigenvalue weighted by Gasteiger charge is -2.21. The Morgan fingerprint density at radius 1 is 1.19 bits per heavy atom. The van der Waals surface area contributed by atoms with Gasteiger partial charge in [-0.1, -0.05) is 38.0 Å². The van der Waals surface area contributed by atoms with Gasteiger partial charge < -0.3 is 16.0 Å². The van der Waals surface area contributed by atoms with E-state index in [1.807, 2.05) is 59.9 Å². The third-order valence-electron chi connectivity index (χ3n) is 7.56. The number of aromatic nitrogens is 3. The lowest BCUT2D eigenvalue weighted by molar-refractivity contribution is -0.126. The van der Waals surface area contributed by atoms with E-state index in [0.29, 0.717) is 47.4 Å². The molecule has 0 spiro atoms. The van der Waals surface area contributed by atoms with Gasteiger partial charge in [-0.2, -0.15) is 0 Å². The number of nitrogens with one attached hydrogen (secondary N) is 1. The van der Waals surface area contributed by atoms with Gasteiger partial charge in [-0.05, 0) is 81.1 Å². The fourth-order valence-electron chi connectivity index (χ4n) is 5.56. The van der Waals surface area contributed by atoms with Gasteiger partial charge in [0.2, 0.25) is 0 Å². The number of fused-ring (bicyclic) bond motifs is 1. The molecule has 0 unspecified atom stereocenters. The highest BCUT2D eigenvalue weighted by Crippen LogP contribution is 2.36. The maximum Gasteiger partial charge on any atom is 0.299 e. The number of likely N-dealkylation sites (tertiary alicyclic amines) is 1. The second-order valence-corrected chi connectivity index (χ2v) is 11.3. The van der Waals surface area contributed by atoms with Crippen molar-refractivity contribution < 1.29 is 9.59 Å². The minimum Gasteiger partial charge on any atom is -0.382 e. The number of hydrogen-bond acceptors (Lipinski definition) is 6. The Bertz CT molecular complexity index is 1710. The highest BCUT2D eigenvalue weighted by atomic mass is 16.2. The van der Waals surface area contributed by atoms with E-state index in [4.69, 9.17) is 10.7 Å². The van der Waals surface area contributed by atoms with Gasteiger partial charge in [0.25, 0.3) is 11.8 Å². The summed E-state index contributed by atoms with van der Waals surface area (Å²) >= 11 is 0. The zero-order valence-electron chi connectivity index (χ0n) is 24.8. The molecular weight excluding hydrogens is 526 g/mol.